The monoisotopic (exact) mass is 317 g/mol. The van der Waals surface area contributed by atoms with Crippen LogP contribution in [-0.4, -0.2) is 59.7 Å². The lowest BCUT2D eigenvalue weighted by atomic mass is 9.48. The van der Waals surface area contributed by atoms with E-state index in [1.807, 2.05) is 6.07 Å². The van der Waals surface area contributed by atoms with Gasteiger partial charge in [0.25, 0.3) is 0 Å². The molecule has 5 rings (SSSR count). The van der Waals surface area contributed by atoms with Gasteiger partial charge in [-0.05, 0) is 50.9 Å². The molecule has 23 heavy (non-hydrogen) atoms. The number of nitrogens with zero attached hydrogens (tertiary/aromatic N) is 1. The van der Waals surface area contributed by atoms with Gasteiger partial charge in [0, 0.05) is 18.7 Å². The van der Waals surface area contributed by atoms with Gasteiger partial charge in [-0.25, -0.2) is 0 Å². The molecule has 2 N–H and O–H groups in total. The van der Waals surface area contributed by atoms with Crippen molar-refractivity contribution in [3.8, 4) is 11.5 Å². The Bertz CT molecular complexity index is 692. The number of methoxy groups -OCH3 is 1. The Morgan fingerprint density at radius 2 is 2.17 bits per heavy atom. The Kier molecular flexibility index (Phi) is 2.57. The van der Waals surface area contributed by atoms with E-state index in [-0.39, 0.29) is 24.0 Å². The zero-order valence-electron chi connectivity index (χ0n) is 13.6. The average Bonchev–Trinajstić information content (AvgIpc) is 2.89. The van der Waals surface area contributed by atoms with Gasteiger partial charge in [-0.15, -0.1) is 0 Å². The van der Waals surface area contributed by atoms with Crippen molar-refractivity contribution in [2.24, 2.45) is 0 Å². The van der Waals surface area contributed by atoms with E-state index in [1.165, 1.54) is 5.56 Å². The summed E-state index contributed by atoms with van der Waals surface area (Å²) in [5.74, 6) is 0.764. The number of hydrogen-bond donors (Lipinski definition) is 2. The molecule has 2 aliphatic heterocycles. The molecule has 0 amide bonds. The lowest BCUT2D eigenvalue weighted by Gasteiger charge is -2.63. The van der Waals surface area contributed by atoms with Crippen LogP contribution in [0.5, 0.6) is 11.5 Å². The Labute approximate surface area is 135 Å². The summed E-state index contributed by atoms with van der Waals surface area (Å²) in [5, 5.41) is 22.2. The van der Waals surface area contributed by atoms with Gasteiger partial charge in [0.05, 0.1) is 17.1 Å². The minimum absolute atomic E-state index is 0.0444. The highest BCUT2D eigenvalue weighted by molar-refractivity contribution is 5.62. The summed E-state index contributed by atoms with van der Waals surface area (Å²) in [6.45, 7) is 0.928. The molecule has 1 saturated heterocycles. The van der Waals surface area contributed by atoms with E-state index >= 15 is 0 Å². The number of phenolic OH excluding ortho intramolecular Hbond substituents is 1. The summed E-state index contributed by atoms with van der Waals surface area (Å²) in [7, 11) is 3.82. The number of rotatable bonds is 1. The highest BCUT2D eigenvalue weighted by Gasteiger charge is 2.72. The Balaban J connectivity index is 1.83. The van der Waals surface area contributed by atoms with Crippen molar-refractivity contribution in [2.75, 3.05) is 20.7 Å². The largest absolute Gasteiger partial charge is 0.504 e. The van der Waals surface area contributed by atoms with Gasteiger partial charge in [0.2, 0.25) is 0 Å². The van der Waals surface area contributed by atoms with Crippen LogP contribution in [-0.2, 0) is 16.6 Å². The topological polar surface area (TPSA) is 62.2 Å². The molecular weight excluding hydrogens is 294 g/mol. The molecule has 2 aliphatic carbocycles. The van der Waals surface area contributed by atoms with Crippen molar-refractivity contribution in [3.05, 3.63) is 23.3 Å². The summed E-state index contributed by atoms with van der Waals surface area (Å²) in [5.41, 5.74) is 0.991. The summed E-state index contributed by atoms with van der Waals surface area (Å²) in [6.07, 6.45) is 2.89. The molecule has 0 aromatic heterocycles. The second-order valence-corrected chi connectivity index (χ2v) is 7.65. The molecular formula is C18H23NO4. The van der Waals surface area contributed by atoms with Crippen molar-refractivity contribution in [1.82, 2.24) is 4.90 Å². The maximum absolute atomic E-state index is 11.8. The number of aromatic hydroxyl groups is 1. The van der Waals surface area contributed by atoms with Crippen molar-refractivity contribution >= 4 is 0 Å². The van der Waals surface area contributed by atoms with Crippen LogP contribution in [0, 0.1) is 0 Å². The first-order valence-corrected chi connectivity index (χ1v) is 8.50. The van der Waals surface area contributed by atoms with Gasteiger partial charge in [0.1, 0.15) is 6.10 Å². The first kappa shape index (κ1) is 14.1. The maximum Gasteiger partial charge on any atom is 0.165 e. The van der Waals surface area contributed by atoms with E-state index in [1.54, 1.807) is 13.2 Å². The lowest BCUT2D eigenvalue weighted by molar-refractivity contribution is -0.208. The Hall–Kier alpha value is -1.30. The highest BCUT2D eigenvalue weighted by atomic mass is 16.5. The van der Waals surface area contributed by atoms with E-state index in [2.05, 4.69) is 11.9 Å². The Morgan fingerprint density at radius 3 is 2.96 bits per heavy atom. The molecule has 2 heterocycles. The molecule has 5 atom stereocenters. The second kappa shape index (κ2) is 4.21. The SMILES string of the molecule is COC1CCC2(O)C3Cc4ccc(O)c5c4[C@@]2(CCN3C)[C@H]1O5. The maximum atomic E-state index is 11.8. The normalized spacial score (nSPS) is 43.9. The van der Waals surface area contributed by atoms with Crippen LogP contribution in [0.1, 0.15) is 30.4 Å². The number of piperidine rings is 1. The fraction of sp³-hybridized carbons (Fsp3) is 0.667. The first-order chi connectivity index (χ1) is 11.0. The van der Waals surface area contributed by atoms with E-state index in [0.29, 0.717) is 5.75 Å². The standard InChI is InChI=1S/C18H23NO4/c1-19-8-7-17-14-10-3-4-11(20)15(14)23-16(17)12(22-2)5-6-18(17,21)13(19)9-10/h3-4,12-13,16,20-21H,5-9H2,1-2H3/t12?,13?,16-,17-,18?/m0/s1. The summed E-state index contributed by atoms with van der Waals surface area (Å²) in [4.78, 5) is 2.29. The van der Waals surface area contributed by atoms with Crippen LogP contribution >= 0.6 is 0 Å². The molecule has 1 spiro atoms. The number of benzene rings is 1. The van der Waals surface area contributed by atoms with E-state index in [4.69, 9.17) is 9.47 Å². The van der Waals surface area contributed by atoms with Gasteiger partial charge in [0.15, 0.2) is 11.5 Å². The molecule has 0 radical (unpaired) electrons. The van der Waals surface area contributed by atoms with Crippen molar-refractivity contribution < 1.29 is 19.7 Å². The molecule has 1 saturated carbocycles. The summed E-state index contributed by atoms with van der Waals surface area (Å²) >= 11 is 0. The molecule has 1 aromatic rings. The van der Waals surface area contributed by atoms with Crippen LogP contribution in [0.15, 0.2) is 12.1 Å². The minimum atomic E-state index is -0.814. The third kappa shape index (κ3) is 1.37. The fourth-order valence-electron chi connectivity index (χ4n) is 5.95. The number of hydrogen-bond acceptors (Lipinski definition) is 5. The number of phenols is 1. The number of aliphatic hydroxyl groups is 1. The number of likely N-dealkylation sites (N-methyl/N-ethyl adjacent to an activating group) is 1. The summed E-state index contributed by atoms with van der Waals surface area (Å²) < 4.78 is 12.0. The summed E-state index contributed by atoms with van der Waals surface area (Å²) in [6, 6.07) is 3.83. The van der Waals surface area contributed by atoms with Gasteiger partial charge in [-0.2, -0.15) is 0 Å². The number of likely N-dealkylation sites (tertiary alicyclic amines) is 1. The zero-order chi connectivity index (χ0) is 16.0. The molecule has 2 bridgehead atoms. The van der Waals surface area contributed by atoms with E-state index in [9.17, 15) is 10.2 Å². The van der Waals surface area contributed by atoms with Crippen LogP contribution in [0.25, 0.3) is 0 Å². The fourth-order valence-corrected chi connectivity index (χ4v) is 5.95. The molecule has 2 fully saturated rings. The Morgan fingerprint density at radius 1 is 1.35 bits per heavy atom. The van der Waals surface area contributed by atoms with Gasteiger partial charge in [-0.1, -0.05) is 6.07 Å². The molecule has 5 heteroatoms. The van der Waals surface area contributed by atoms with E-state index < -0.39 is 11.0 Å². The molecule has 124 valence electrons. The van der Waals surface area contributed by atoms with Crippen LogP contribution < -0.4 is 4.74 Å². The van der Waals surface area contributed by atoms with Gasteiger partial charge >= 0.3 is 0 Å². The second-order valence-electron chi connectivity index (χ2n) is 7.65. The average molecular weight is 317 g/mol. The number of ether oxygens (including phenoxy) is 2. The molecule has 3 unspecified atom stereocenters. The minimum Gasteiger partial charge on any atom is -0.504 e. The van der Waals surface area contributed by atoms with Gasteiger partial charge in [-0.3, -0.25) is 0 Å². The first-order valence-electron chi connectivity index (χ1n) is 8.50. The zero-order valence-corrected chi connectivity index (χ0v) is 13.6. The lowest BCUT2D eigenvalue weighted by Crippen LogP contribution is -2.76. The molecule has 5 nitrogen and oxygen atoms in total. The smallest absolute Gasteiger partial charge is 0.165 e. The predicted molar refractivity (Wildman–Crippen MR) is 83.9 cm³/mol. The van der Waals surface area contributed by atoms with Crippen LogP contribution in [0.4, 0.5) is 0 Å². The van der Waals surface area contributed by atoms with Crippen LogP contribution in [0.2, 0.25) is 0 Å². The van der Waals surface area contributed by atoms with Crippen molar-refractivity contribution in [2.45, 2.75) is 54.9 Å². The quantitative estimate of drug-likeness (QED) is 0.815. The third-order valence-corrected chi connectivity index (χ3v) is 6.98. The molecule has 4 aliphatic rings. The van der Waals surface area contributed by atoms with Crippen molar-refractivity contribution in [3.63, 3.8) is 0 Å². The highest BCUT2D eigenvalue weighted by Crippen LogP contribution is 2.65. The van der Waals surface area contributed by atoms with E-state index in [0.717, 1.165) is 37.8 Å². The van der Waals surface area contributed by atoms with Crippen LogP contribution in [0.3, 0.4) is 0 Å². The van der Waals surface area contributed by atoms with Crippen molar-refractivity contribution in [1.29, 1.82) is 0 Å². The third-order valence-electron chi connectivity index (χ3n) is 6.98. The predicted octanol–water partition coefficient (Wildman–Crippen LogP) is 1.19. The van der Waals surface area contributed by atoms with Gasteiger partial charge < -0.3 is 24.6 Å². The molecule has 1 aromatic carbocycles.